The third-order valence-corrected chi connectivity index (χ3v) is 2.94. The number of methoxy groups -OCH3 is 3. The van der Waals surface area contributed by atoms with E-state index in [1.165, 1.54) is 20.3 Å². The van der Waals surface area contributed by atoms with Gasteiger partial charge in [-0.15, -0.1) is 0 Å². The lowest BCUT2D eigenvalue weighted by molar-refractivity contribution is 0.0686. The predicted octanol–water partition coefficient (Wildman–Crippen LogP) is 2.20. The lowest BCUT2D eigenvalue weighted by Gasteiger charge is -2.14. The summed E-state index contributed by atoms with van der Waals surface area (Å²) in [6.07, 6.45) is 0. The molecule has 0 unspecified atom stereocenters. The highest BCUT2D eigenvalue weighted by Gasteiger charge is 2.21. The third-order valence-electron chi connectivity index (χ3n) is 2.94. The standard InChI is InChI=1S/C14H15NO6/c1-18-7-8-10(19-2)4-5-11(20-3)13(8)12-6-9(14(16)17)15-21-12/h4-6H,7H2,1-3H3,(H,16,17). The number of hydrogen-bond acceptors (Lipinski definition) is 6. The smallest absolute Gasteiger partial charge is 0.358 e. The normalized spacial score (nSPS) is 10.4. The Labute approximate surface area is 121 Å². The topological polar surface area (TPSA) is 91.0 Å². The second kappa shape index (κ2) is 6.27. The van der Waals surface area contributed by atoms with E-state index in [2.05, 4.69) is 5.16 Å². The van der Waals surface area contributed by atoms with Crippen molar-refractivity contribution in [3.8, 4) is 22.8 Å². The molecule has 1 N–H and O–H groups in total. The largest absolute Gasteiger partial charge is 0.496 e. The van der Waals surface area contributed by atoms with Crippen LogP contribution in [0.1, 0.15) is 16.1 Å². The molecule has 21 heavy (non-hydrogen) atoms. The van der Waals surface area contributed by atoms with Crippen molar-refractivity contribution in [2.45, 2.75) is 6.61 Å². The van der Waals surface area contributed by atoms with Gasteiger partial charge in [0.15, 0.2) is 11.5 Å². The van der Waals surface area contributed by atoms with Crippen molar-refractivity contribution in [1.82, 2.24) is 5.16 Å². The van der Waals surface area contributed by atoms with E-state index in [-0.39, 0.29) is 18.1 Å². The van der Waals surface area contributed by atoms with Crippen molar-refractivity contribution in [3.05, 3.63) is 29.5 Å². The average molecular weight is 293 g/mol. The Bertz CT molecular complexity index is 649. The molecule has 0 saturated heterocycles. The van der Waals surface area contributed by atoms with Crippen LogP contribution in [-0.4, -0.2) is 37.6 Å². The zero-order chi connectivity index (χ0) is 15.4. The van der Waals surface area contributed by atoms with Gasteiger partial charge >= 0.3 is 5.97 Å². The van der Waals surface area contributed by atoms with E-state index in [4.69, 9.17) is 23.8 Å². The van der Waals surface area contributed by atoms with Crippen LogP contribution in [0.5, 0.6) is 11.5 Å². The van der Waals surface area contributed by atoms with Gasteiger partial charge in [0.2, 0.25) is 0 Å². The number of aromatic nitrogens is 1. The molecule has 0 spiro atoms. The van der Waals surface area contributed by atoms with Crippen LogP contribution in [0.4, 0.5) is 0 Å². The maximum atomic E-state index is 10.9. The Balaban J connectivity index is 2.64. The summed E-state index contributed by atoms with van der Waals surface area (Å²) in [6, 6.07) is 4.78. The molecule has 0 atom stereocenters. The SMILES string of the molecule is COCc1c(OC)ccc(OC)c1-c1cc(C(=O)O)no1. The number of hydrogen-bond donors (Lipinski definition) is 1. The number of carboxylic acids is 1. The molecule has 2 rings (SSSR count). The minimum Gasteiger partial charge on any atom is -0.496 e. The van der Waals surface area contributed by atoms with Gasteiger partial charge in [0.05, 0.1) is 26.4 Å². The molecular weight excluding hydrogens is 278 g/mol. The molecule has 0 radical (unpaired) electrons. The number of carboxylic acid groups (broad SMARTS) is 1. The molecule has 0 aliphatic carbocycles. The summed E-state index contributed by atoms with van der Waals surface area (Å²) in [7, 11) is 4.59. The van der Waals surface area contributed by atoms with Crippen molar-refractivity contribution < 1.29 is 28.6 Å². The van der Waals surface area contributed by atoms with E-state index in [0.29, 0.717) is 22.6 Å². The summed E-state index contributed by atoms with van der Waals surface area (Å²) in [5.41, 5.74) is 1.06. The Morgan fingerprint density at radius 1 is 1.24 bits per heavy atom. The van der Waals surface area contributed by atoms with Crippen LogP contribution in [0.15, 0.2) is 22.7 Å². The number of ether oxygens (including phenoxy) is 3. The highest BCUT2D eigenvalue weighted by Crippen LogP contribution is 2.39. The van der Waals surface area contributed by atoms with Crippen molar-refractivity contribution >= 4 is 5.97 Å². The first-order valence-electron chi connectivity index (χ1n) is 6.05. The zero-order valence-corrected chi connectivity index (χ0v) is 11.9. The Morgan fingerprint density at radius 2 is 1.90 bits per heavy atom. The third kappa shape index (κ3) is 2.82. The molecule has 112 valence electrons. The van der Waals surface area contributed by atoms with Gasteiger partial charge in [0.1, 0.15) is 11.5 Å². The molecule has 2 aromatic rings. The van der Waals surface area contributed by atoms with E-state index < -0.39 is 5.97 Å². The minimum absolute atomic E-state index is 0.182. The molecule has 0 amide bonds. The lowest BCUT2D eigenvalue weighted by Crippen LogP contribution is -2.00. The highest BCUT2D eigenvalue weighted by molar-refractivity contribution is 5.87. The number of nitrogens with zero attached hydrogens (tertiary/aromatic N) is 1. The van der Waals surface area contributed by atoms with Crippen LogP contribution in [0.3, 0.4) is 0 Å². The summed E-state index contributed by atoms with van der Waals surface area (Å²) >= 11 is 0. The van der Waals surface area contributed by atoms with Crippen LogP contribution in [0.2, 0.25) is 0 Å². The molecule has 1 heterocycles. The summed E-state index contributed by atoms with van der Waals surface area (Å²) in [6.45, 7) is 0.249. The highest BCUT2D eigenvalue weighted by atomic mass is 16.5. The molecule has 0 fully saturated rings. The Hall–Kier alpha value is -2.54. The Kier molecular flexibility index (Phi) is 4.44. The van der Waals surface area contributed by atoms with Gasteiger partial charge < -0.3 is 23.8 Å². The van der Waals surface area contributed by atoms with Crippen LogP contribution < -0.4 is 9.47 Å². The summed E-state index contributed by atoms with van der Waals surface area (Å²) < 4.78 is 20.9. The van der Waals surface area contributed by atoms with Gasteiger partial charge in [-0.2, -0.15) is 0 Å². The maximum absolute atomic E-state index is 10.9. The number of aromatic carboxylic acids is 1. The van der Waals surface area contributed by atoms with Crippen molar-refractivity contribution in [1.29, 1.82) is 0 Å². The van der Waals surface area contributed by atoms with E-state index in [9.17, 15) is 4.79 Å². The van der Waals surface area contributed by atoms with E-state index in [1.807, 2.05) is 0 Å². The average Bonchev–Trinajstić information content (AvgIpc) is 2.96. The molecule has 0 bridgehead atoms. The van der Waals surface area contributed by atoms with Crippen molar-refractivity contribution in [3.63, 3.8) is 0 Å². The van der Waals surface area contributed by atoms with Gasteiger partial charge in [-0.1, -0.05) is 5.16 Å². The lowest BCUT2D eigenvalue weighted by atomic mass is 10.0. The second-order valence-corrected chi connectivity index (χ2v) is 4.14. The fourth-order valence-electron chi connectivity index (χ4n) is 2.02. The Morgan fingerprint density at radius 3 is 2.43 bits per heavy atom. The number of benzene rings is 1. The van der Waals surface area contributed by atoms with E-state index >= 15 is 0 Å². The summed E-state index contributed by atoms with van der Waals surface area (Å²) in [5.74, 6) is 0.201. The number of carbonyl (C=O) groups is 1. The molecule has 1 aromatic carbocycles. The first-order valence-corrected chi connectivity index (χ1v) is 6.05. The first-order chi connectivity index (χ1) is 10.1. The van der Waals surface area contributed by atoms with E-state index in [0.717, 1.165) is 0 Å². The van der Waals surface area contributed by atoms with Gasteiger partial charge in [-0.25, -0.2) is 4.79 Å². The second-order valence-electron chi connectivity index (χ2n) is 4.14. The van der Waals surface area contributed by atoms with Crippen LogP contribution in [0, 0.1) is 0 Å². The molecular formula is C14H15NO6. The number of rotatable bonds is 6. The molecule has 7 heteroatoms. The van der Waals surface area contributed by atoms with Gasteiger partial charge in [-0.05, 0) is 12.1 Å². The fraction of sp³-hybridized carbons (Fsp3) is 0.286. The molecule has 7 nitrogen and oxygen atoms in total. The monoisotopic (exact) mass is 293 g/mol. The molecule has 0 aliphatic heterocycles. The zero-order valence-electron chi connectivity index (χ0n) is 11.9. The van der Waals surface area contributed by atoms with Crippen molar-refractivity contribution in [2.75, 3.05) is 21.3 Å². The van der Waals surface area contributed by atoms with Gasteiger partial charge in [0, 0.05) is 18.7 Å². The van der Waals surface area contributed by atoms with Crippen molar-refractivity contribution in [2.24, 2.45) is 0 Å². The predicted molar refractivity (Wildman–Crippen MR) is 72.7 cm³/mol. The van der Waals surface area contributed by atoms with Crippen LogP contribution in [0.25, 0.3) is 11.3 Å². The van der Waals surface area contributed by atoms with E-state index in [1.54, 1.807) is 19.2 Å². The van der Waals surface area contributed by atoms with Gasteiger partial charge in [0.25, 0.3) is 0 Å². The first kappa shape index (κ1) is 14.9. The molecule has 0 aliphatic rings. The molecule has 0 saturated carbocycles. The quantitative estimate of drug-likeness (QED) is 0.872. The maximum Gasteiger partial charge on any atom is 0.358 e. The molecule has 1 aromatic heterocycles. The van der Waals surface area contributed by atoms with Crippen LogP contribution in [-0.2, 0) is 11.3 Å². The van der Waals surface area contributed by atoms with Gasteiger partial charge in [-0.3, -0.25) is 0 Å². The summed E-state index contributed by atoms with van der Waals surface area (Å²) in [5, 5.41) is 12.5. The minimum atomic E-state index is -1.17. The summed E-state index contributed by atoms with van der Waals surface area (Å²) in [4.78, 5) is 10.9. The fourth-order valence-corrected chi connectivity index (χ4v) is 2.02. The van der Waals surface area contributed by atoms with Crippen LogP contribution >= 0.6 is 0 Å².